The molecule has 0 spiro atoms. The van der Waals surface area contributed by atoms with Gasteiger partial charge in [-0.15, -0.1) is 0 Å². The number of aliphatic hydroxyl groups excluding tert-OH is 1. The van der Waals surface area contributed by atoms with Crippen LogP contribution in [0.3, 0.4) is 0 Å². The third-order valence-corrected chi connectivity index (χ3v) is 4.06. The molecule has 3 aliphatic rings. The Bertz CT molecular complexity index is 194. The van der Waals surface area contributed by atoms with Gasteiger partial charge in [0.25, 0.3) is 0 Å². The van der Waals surface area contributed by atoms with E-state index in [0.29, 0.717) is 0 Å². The predicted molar refractivity (Wildman–Crippen MR) is 46.9 cm³/mol. The molecule has 3 heterocycles. The van der Waals surface area contributed by atoms with Gasteiger partial charge in [0.15, 0.2) is 0 Å². The van der Waals surface area contributed by atoms with Gasteiger partial charge < -0.3 is 5.11 Å². The minimum Gasteiger partial charge on any atom is -0.393 e. The highest BCUT2D eigenvalue weighted by atomic mass is 16.3. The van der Waals surface area contributed by atoms with Crippen LogP contribution in [0.25, 0.3) is 0 Å². The van der Waals surface area contributed by atoms with Crippen LogP contribution >= 0.6 is 0 Å². The maximum atomic E-state index is 9.62. The standard InChI is InChI=1S/C10H17NO/c12-9-5-8-4-7-2-1-3-11(8)10(7)6-9/h7-10,12H,1-6H2. The molecule has 1 N–H and O–H groups in total. The average molecular weight is 167 g/mol. The second-order valence-corrected chi connectivity index (χ2v) is 4.72. The van der Waals surface area contributed by atoms with Crippen LogP contribution in [-0.4, -0.2) is 34.7 Å². The molecular formula is C10H17NO. The lowest BCUT2D eigenvalue weighted by molar-refractivity contribution is 0.0169. The number of piperidine rings is 2. The van der Waals surface area contributed by atoms with Crippen LogP contribution in [0.5, 0.6) is 0 Å². The van der Waals surface area contributed by atoms with Crippen molar-refractivity contribution in [2.45, 2.75) is 50.3 Å². The van der Waals surface area contributed by atoms with Crippen molar-refractivity contribution in [2.75, 3.05) is 6.54 Å². The molecule has 3 rings (SSSR count). The summed E-state index contributed by atoms with van der Waals surface area (Å²) in [6.07, 6.45) is 6.31. The van der Waals surface area contributed by atoms with E-state index in [-0.39, 0.29) is 6.10 Å². The fourth-order valence-corrected chi connectivity index (χ4v) is 3.63. The Morgan fingerprint density at radius 2 is 2.08 bits per heavy atom. The molecule has 0 saturated carbocycles. The zero-order chi connectivity index (χ0) is 8.13. The Hall–Kier alpha value is -0.0800. The Kier molecular flexibility index (Phi) is 1.50. The first kappa shape index (κ1) is 7.34. The lowest BCUT2D eigenvalue weighted by Crippen LogP contribution is -2.47. The monoisotopic (exact) mass is 167 g/mol. The van der Waals surface area contributed by atoms with E-state index >= 15 is 0 Å². The lowest BCUT2D eigenvalue weighted by Gasteiger charge is -2.40. The van der Waals surface area contributed by atoms with Crippen LogP contribution in [0, 0.1) is 5.92 Å². The van der Waals surface area contributed by atoms with Gasteiger partial charge in [-0.1, -0.05) is 0 Å². The summed E-state index contributed by atoms with van der Waals surface area (Å²) in [5.41, 5.74) is 0. The molecule has 2 nitrogen and oxygen atoms in total. The van der Waals surface area contributed by atoms with Crippen molar-refractivity contribution < 1.29 is 5.11 Å². The van der Waals surface area contributed by atoms with Crippen LogP contribution in [0.1, 0.15) is 32.1 Å². The molecule has 0 amide bonds. The number of aliphatic hydroxyl groups is 1. The van der Waals surface area contributed by atoms with Gasteiger partial charge in [0.2, 0.25) is 0 Å². The van der Waals surface area contributed by atoms with Crippen LogP contribution in [-0.2, 0) is 0 Å². The summed E-state index contributed by atoms with van der Waals surface area (Å²) < 4.78 is 0. The number of hydrogen-bond donors (Lipinski definition) is 1. The highest BCUT2D eigenvalue weighted by molar-refractivity contribution is 5.02. The summed E-state index contributed by atoms with van der Waals surface area (Å²) in [5, 5.41) is 9.62. The molecule has 0 aliphatic carbocycles. The molecule has 0 radical (unpaired) electrons. The van der Waals surface area contributed by atoms with Crippen molar-refractivity contribution >= 4 is 0 Å². The third-order valence-electron chi connectivity index (χ3n) is 4.06. The predicted octanol–water partition coefficient (Wildman–Crippen LogP) is 0.994. The summed E-state index contributed by atoms with van der Waals surface area (Å²) in [6, 6.07) is 1.50. The molecule has 2 heteroatoms. The Labute approximate surface area is 73.6 Å². The van der Waals surface area contributed by atoms with Crippen molar-refractivity contribution in [1.29, 1.82) is 0 Å². The first-order valence-corrected chi connectivity index (χ1v) is 5.28. The third kappa shape index (κ3) is 0.882. The van der Waals surface area contributed by atoms with Gasteiger partial charge in [-0.3, -0.25) is 4.90 Å². The fourth-order valence-electron chi connectivity index (χ4n) is 3.63. The van der Waals surface area contributed by atoms with Crippen LogP contribution in [0.15, 0.2) is 0 Å². The second kappa shape index (κ2) is 2.46. The molecule has 0 aromatic carbocycles. The number of nitrogens with zero attached hydrogens (tertiary/aromatic N) is 1. The van der Waals surface area contributed by atoms with Crippen LogP contribution < -0.4 is 0 Å². The van der Waals surface area contributed by atoms with Gasteiger partial charge >= 0.3 is 0 Å². The van der Waals surface area contributed by atoms with E-state index in [4.69, 9.17) is 0 Å². The van der Waals surface area contributed by atoms with E-state index in [1.54, 1.807) is 0 Å². The summed E-state index contributed by atoms with van der Waals surface area (Å²) in [6.45, 7) is 1.30. The SMILES string of the molecule is OC1CC2CC3CCCN2C3C1. The lowest BCUT2D eigenvalue weighted by atomic mass is 9.89. The van der Waals surface area contributed by atoms with Crippen molar-refractivity contribution in [1.82, 2.24) is 4.90 Å². The minimum atomic E-state index is 0.0133. The van der Waals surface area contributed by atoms with Gasteiger partial charge in [-0.05, 0) is 44.6 Å². The normalized spacial score (nSPS) is 57.2. The summed E-state index contributed by atoms with van der Waals surface area (Å²) >= 11 is 0. The van der Waals surface area contributed by atoms with Gasteiger partial charge in [0, 0.05) is 12.1 Å². The molecule has 0 aromatic heterocycles. The first-order valence-electron chi connectivity index (χ1n) is 5.28. The molecule has 3 aliphatic heterocycles. The van der Waals surface area contributed by atoms with Crippen molar-refractivity contribution in [3.8, 4) is 0 Å². The smallest absolute Gasteiger partial charge is 0.0570 e. The Morgan fingerprint density at radius 3 is 3.00 bits per heavy atom. The topological polar surface area (TPSA) is 23.5 Å². The number of rotatable bonds is 0. The van der Waals surface area contributed by atoms with Crippen molar-refractivity contribution in [2.24, 2.45) is 5.92 Å². The van der Waals surface area contributed by atoms with E-state index in [0.717, 1.165) is 30.8 Å². The first-order chi connectivity index (χ1) is 5.84. The van der Waals surface area contributed by atoms with E-state index in [1.165, 1.54) is 25.8 Å². The van der Waals surface area contributed by atoms with Gasteiger partial charge in [0.05, 0.1) is 6.10 Å². The Morgan fingerprint density at radius 1 is 1.17 bits per heavy atom. The Balaban J connectivity index is 1.87. The average Bonchev–Trinajstić information content (AvgIpc) is 2.26. The summed E-state index contributed by atoms with van der Waals surface area (Å²) in [4.78, 5) is 2.67. The molecule has 3 fully saturated rings. The van der Waals surface area contributed by atoms with Crippen molar-refractivity contribution in [3.63, 3.8) is 0 Å². The molecule has 68 valence electrons. The summed E-state index contributed by atoms with van der Waals surface area (Å²) in [5.74, 6) is 0.931. The highest BCUT2D eigenvalue weighted by Crippen LogP contribution is 2.44. The van der Waals surface area contributed by atoms with Crippen LogP contribution in [0.4, 0.5) is 0 Å². The quantitative estimate of drug-likeness (QED) is 0.581. The summed E-state index contributed by atoms with van der Waals surface area (Å²) in [7, 11) is 0. The van der Waals surface area contributed by atoms with E-state index in [1.807, 2.05) is 0 Å². The van der Waals surface area contributed by atoms with Crippen LogP contribution in [0.2, 0.25) is 0 Å². The number of hydrogen-bond acceptors (Lipinski definition) is 2. The second-order valence-electron chi connectivity index (χ2n) is 4.72. The van der Waals surface area contributed by atoms with Gasteiger partial charge in [-0.2, -0.15) is 0 Å². The maximum Gasteiger partial charge on any atom is 0.0570 e. The molecule has 5 atom stereocenters. The van der Waals surface area contributed by atoms with Gasteiger partial charge in [0.1, 0.15) is 0 Å². The fraction of sp³-hybridized carbons (Fsp3) is 1.00. The maximum absolute atomic E-state index is 9.62. The zero-order valence-electron chi connectivity index (χ0n) is 7.45. The molecule has 5 unspecified atom stereocenters. The molecule has 4 bridgehead atoms. The molecule has 0 aromatic rings. The van der Waals surface area contributed by atoms with Gasteiger partial charge in [-0.25, -0.2) is 0 Å². The van der Waals surface area contributed by atoms with E-state index in [2.05, 4.69) is 4.90 Å². The van der Waals surface area contributed by atoms with E-state index in [9.17, 15) is 5.11 Å². The largest absolute Gasteiger partial charge is 0.393 e. The van der Waals surface area contributed by atoms with E-state index < -0.39 is 0 Å². The molecule has 12 heavy (non-hydrogen) atoms. The minimum absolute atomic E-state index is 0.0133. The molecule has 3 saturated heterocycles. The highest BCUT2D eigenvalue weighted by Gasteiger charge is 2.47. The van der Waals surface area contributed by atoms with Crippen molar-refractivity contribution in [3.05, 3.63) is 0 Å². The molecular weight excluding hydrogens is 150 g/mol. The zero-order valence-corrected chi connectivity index (χ0v) is 7.45.